The fourth-order valence-corrected chi connectivity index (χ4v) is 1.90. The van der Waals surface area contributed by atoms with Crippen LogP contribution in [0.25, 0.3) is 0 Å². The number of carboxylic acids is 2. The Balaban J connectivity index is 0.000000219. The summed E-state index contributed by atoms with van der Waals surface area (Å²) in [6, 6.07) is 7.75. The molecule has 1 aliphatic heterocycles. The Kier molecular flexibility index (Phi) is 9.07. The average molecular weight is 394 g/mol. The Bertz CT molecular complexity index is 733. The molecule has 0 aliphatic carbocycles. The lowest BCUT2D eigenvalue weighted by atomic mass is 10.2. The number of hydrogen-bond acceptors (Lipinski definition) is 8. The fourth-order valence-electron chi connectivity index (χ4n) is 1.90. The number of carboxylic acid groups (broad SMARTS) is 2. The molecular weight excluding hydrogens is 372 g/mol. The summed E-state index contributed by atoms with van der Waals surface area (Å²) < 4.78 is 9.89. The van der Waals surface area contributed by atoms with Gasteiger partial charge < -0.3 is 41.4 Å². The number of carbonyl (C=O) groups is 2. The molecule has 0 radical (unpaired) electrons. The number of hydrogen-bond donors (Lipinski definition) is 6. The van der Waals surface area contributed by atoms with Crippen molar-refractivity contribution in [3.05, 3.63) is 47.5 Å². The number of aromatic carboxylic acids is 2. The van der Waals surface area contributed by atoms with Crippen molar-refractivity contribution in [3.63, 3.8) is 0 Å². The standard InChI is InChI=1S/2C7H7NO3.C4H8O2/c2*8-4-1-2-5(7(10)11)6(9)3-4;1-2-6-4-3-5-1/h2*1-3,9H,8H2,(H,10,11);1-4H2. The Hall–Kier alpha value is -3.50. The normalized spacial score (nSPS) is 12.6. The molecule has 8 N–H and O–H groups in total. The minimum atomic E-state index is -1.16. The second-order valence-corrected chi connectivity index (χ2v) is 5.39. The van der Waals surface area contributed by atoms with Gasteiger partial charge in [0.1, 0.15) is 22.6 Å². The number of benzene rings is 2. The first-order valence-electron chi connectivity index (χ1n) is 8.01. The van der Waals surface area contributed by atoms with E-state index in [0.717, 1.165) is 26.4 Å². The van der Waals surface area contributed by atoms with E-state index in [9.17, 15) is 9.59 Å². The minimum absolute atomic E-state index is 0.140. The zero-order valence-corrected chi connectivity index (χ0v) is 14.9. The molecule has 1 heterocycles. The van der Waals surface area contributed by atoms with Gasteiger partial charge in [-0.05, 0) is 24.3 Å². The van der Waals surface area contributed by atoms with Gasteiger partial charge in [0.2, 0.25) is 0 Å². The smallest absolute Gasteiger partial charge is 0.339 e. The van der Waals surface area contributed by atoms with Crippen LogP contribution in [-0.2, 0) is 9.47 Å². The van der Waals surface area contributed by atoms with Crippen LogP contribution in [0.15, 0.2) is 36.4 Å². The molecule has 0 amide bonds. The van der Waals surface area contributed by atoms with Crippen molar-refractivity contribution < 1.29 is 39.5 Å². The SMILES string of the molecule is C1COCCO1.Nc1ccc(C(=O)O)c(O)c1.Nc1ccc(C(=O)O)c(O)c1. The van der Waals surface area contributed by atoms with E-state index in [0.29, 0.717) is 11.4 Å². The first-order valence-corrected chi connectivity index (χ1v) is 8.01. The molecule has 0 bridgehead atoms. The van der Waals surface area contributed by atoms with Gasteiger partial charge in [0.05, 0.1) is 26.4 Å². The van der Waals surface area contributed by atoms with E-state index < -0.39 is 11.9 Å². The molecular formula is C18H22N2O8. The number of phenols is 2. The van der Waals surface area contributed by atoms with Crippen LogP contribution < -0.4 is 11.5 Å². The quantitative estimate of drug-likeness (QED) is 0.406. The molecule has 1 aliphatic rings. The van der Waals surface area contributed by atoms with Crippen LogP contribution in [-0.4, -0.2) is 58.8 Å². The lowest BCUT2D eigenvalue weighted by Crippen LogP contribution is -2.16. The molecule has 152 valence electrons. The maximum atomic E-state index is 10.3. The average Bonchev–Trinajstić information content (AvgIpc) is 2.63. The predicted octanol–water partition coefficient (Wildman–Crippen LogP) is 1.38. The van der Waals surface area contributed by atoms with Gasteiger partial charge in [-0.2, -0.15) is 0 Å². The van der Waals surface area contributed by atoms with Gasteiger partial charge in [0.25, 0.3) is 0 Å². The van der Waals surface area contributed by atoms with Crippen molar-refractivity contribution in [2.24, 2.45) is 0 Å². The number of nitrogens with two attached hydrogens (primary N) is 2. The van der Waals surface area contributed by atoms with E-state index in [1.54, 1.807) is 0 Å². The first kappa shape index (κ1) is 22.5. The Morgan fingerprint density at radius 1 is 0.714 bits per heavy atom. The van der Waals surface area contributed by atoms with E-state index in [-0.39, 0.29) is 22.6 Å². The second kappa shape index (κ2) is 11.3. The lowest BCUT2D eigenvalue weighted by molar-refractivity contribution is -0.0334. The van der Waals surface area contributed by atoms with Gasteiger partial charge in [-0.3, -0.25) is 0 Å². The summed E-state index contributed by atoms with van der Waals surface area (Å²) >= 11 is 0. The molecule has 0 saturated carbocycles. The molecule has 1 fully saturated rings. The highest BCUT2D eigenvalue weighted by atomic mass is 16.6. The van der Waals surface area contributed by atoms with Crippen LogP contribution in [0.3, 0.4) is 0 Å². The van der Waals surface area contributed by atoms with Gasteiger partial charge in [-0.25, -0.2) is 9.59 Å². The van der Waals surface area contributed by atoms with Crippen molar-refractivity contribution in [1.82, 2.24) is 0 Å². The lowest BCUT2D eigenvalue weighted by Gasteiger charge is -2.09. The van der Waals surface area contributed by atoms with Crippen molar-refractivity contribution in [2.45, 2.75) is 0 Å². The molecule has 0 aromatic heterocycles. The number of ether oxygens (including phenoxy) is 2. The van der Waals surface area contributed by atoms with Gasteiger partial charge in [0.15, 0.2) is 0 Å². The van der Waals surface area contributed by atoms with Crippen molar-refractivity contribution in [3.8, 4) is 11.5 Å². The van der Waals surface area contributed by atoms with Crippen LogP contribution in [0, 0.1) is 0 Å². The van der Waals surface area contributed by atoms with Gasteiger partial charge in [-0.1, -0.05) is 0 Å². The van der Waals surface area contributed by atoms with Crippen LogP contribution in [0.4, 0.5) is 11.4 Å². The minimum Gasteiger partial charge on any atom is -0.507 e. The molecule has 1 saturated heterocycles. The van der Waals surface area contributed by atoms with E-state index in [4.69, 9.17) is 41.4 Å². The summed E-state index contributed by atoms with van der Waals surface area (Å²) in [5, 5.41) is 34.9. The number of nitrogen functional groups attached to an aromatic ring is 2. The molecule has 2 aromatic carbocycles. The molecule has 10 heteroatoms. The van der Waals surface area contributed by atoms with E-state index in [1.165, 1.54) is 36.4 Å². The molecule has 3 rings (SSSR count). The second-order valence-electron chi connectivity index (χ2n) is 5.39. The third kappa shape index (κ3) is 7.81. The Morgan fingerprint density at radius 2 is 1.04 bits per heavy atom. The Morgan fingerprint density at radius 3 is 1.25 bits per heavy atom. The van der Waals surface area contributed by atoms with Crippen molar-refractivity contribution >= 4 is 23.3 Å². The highest BCUT2D eigenvalue weighted by molar-refractivity contribution is 5.91. The summed E-state index contributed by atoms with van der Waals surface area (Å²) in [7, 11) is 0. The molecule has 0 unspecified atom stereocenters. The highest BCUT2D eigenvalue weighted by Crippen LogP contribution is 2.20. The van der Waals surface area contributed by atoms with E-state index in [1.807, 2.05) is 0 Å². The highest BCUT2D eigenvalue weighted by Gasteiger charge is 2.08. The molecule has 0 spiro atoms. The molecule has 0 atom stereocenters. The summed E-state index contributed by atoms with van der Waals surface area (Å²) in [6.07, 6.45) is 0. The molecule has 2 aromatic rings. The Labute approximate surface area is 160 Å². The zero-order valence-electron chi connectivity index (χ0n) is 14.9. The predicted molar refractivity (Wildman–Crippen MR) is 101 cm³/mol. The topological polar surface area (TPSA) is 186 Å². The van der Waals surface area contributed by atoms with Crippen LogP contribution in [0.2, 0.25) is 0 Å². The van der Waals surface area contributed by atoms with Gasteiger partial charge in [0, 0.05) is 23.5 Å². The van der Waals surface area contributed by atoms with Gasteiger partial charge >= 0.3 is 11.9 Å². The number of aromatic hydroxyl groups is 2. The summed E-state index contributed by atoms with van der Waals surface area (Å²) in [4.78, 5) is 20.7. The maximum absolute atomic E-state index is 10.3. The summed E-state index contributed by atoms with van der Waals surface area (Å²) in [5.74, 6) is -2.94. The third-order valence-electron chi connectivity index (χ3n) is 3.25. The van der Waals surface area contributed by atoms with Gasteiger partial charge in [-0.15, -0.1) is 0 Å². The molecule has 10 nitrogen and oxygen atoms in total. The monoisotopic (exact) mass is 394 g/mol. The summed E-state index contributed by atoms with van der Waals surface area (Å²) in [6.45, 7) is 3.11. The maximum Gasteiger partial charge on any atom is 0.339 e. The van der Waals surface area contributed by atoms with Crippen molar-refractivity contribution in [1.29, 1.82) is 0 Å². The third-order valence-corrected chi connectivity index (χ3v) is 3.25. The van der Waals surface area contributed by atoms with E-state index >= 15 is 0 Å². The van der Waals surface area contributed by atoms with E-state index in [2.05, 4.69) is 0 Å². The number of anilines is 2. The fraction of sp³-hybridized carbons (Fsp3) is 0.222. The zero-order chi connectivity index (χ0) is 21.1. The number of rotatable bonds is 2. The largest absolute Gasteiger partial charge is 0.507 e. The first-order chi connectivity index (χ1) is 13.2. The van der Waals surface area contributed by atoms with Crippen LogP contribution in [0.1, 0.15) is 20.7 Å². The van der Waals surface area contributed by atoms with Crippen LogP contribution in [0.5, 0.6) is 11.5 Å². The molecule has 28 heavy (non-hydrogen) atoms. The summed E-state index contributed by atoms with van der Waals surface area (Å²) in [5.41, 5.74) is 11.0. The van der Waals surface area contributed by atoms with Crippen molar-refractivity contribution in [2.75, 3.05) is 37.9 Å². The van der Waals surface area contributed by atoms with Crippen LogP contribution >= 0.6 is 0 Å².